The molecule has 0 fully saturated rings. The van der Waals surface area contributed by atoms with Crippen LogP contribution in [0.25, 0.3) is 0 Å². The third kappa shape index (κ3) is 4.43. The van der Waals surface area contributed by atoms with E-state index < -0.39 is 0 Å². The first kappa shape index (κ1) is 16.7. The first-order valence-corrected chi connectivity index (χ1v) is 7.94. The first-order valence-electron chi connectivity index (χ1n) is 7.94. The maximum Gasteiger partial charge on any atom is 0.347 e. The van der Waals surface area contributed by atoms with Gasteiger partial charge in [-0.05, 0) is 48.0 Å². The molecule has 0 spiro atoms. The summed E-state index contributed by atoms with van der Waals surface area (Å²) in [6.45, 7) is 0.584. The topological polar surface area (TPSA) is 71.7 Å². The molecular weight excluding hydrogens is 317 g/mol. The second kappa shape index (κ2) is 7.59. The zero-order valence-corrected chi connectivity index (χ0v) is 13.6. The summed E-state index contributed by atoms with van der Waals surface area (Å²) >= 11 is 0. The number of carbonyl (C=O) groups excluding carboxylic acids is 1. The largest absolute Gasteiger partial charge is 0.394 e. The van der Waals surface area contributed by atoms with Crippen molar-refractivity contribution < 1.29 is 14.5 Å². The quantitative estimate of drug-likeness (QED) is 0.627. The maximum absolute atomic E-state index is 12.9. The summed E-state index contributed by atoms with van der Waals surface area (Å²) in [5.74, 6) is -0.343. The van der Waals surface area contributed by atoms with Gasteiger partial charge >= 0.3 is 5.91 Å². The molecule has 0 radical (unpaired) electrons. The van der Waals surface area contributed by atoms with Crippen LogP contribution in [0, 0.1) is 5.82 Å². The van der Waals surface area contributed by atoms with E-state index in [0.29, 0.717) is 23.5 Å². The molecule has 0 unspecified atom stereocenters. The Morgan fingerprint density at radius 3 is 2.32 bits per heavy atom. The number of nitrogens with one attached hydrogen (secondary N) is 1. The molecule has 0 bridgehead atoms. The van der Waals surface area contributed by atoms with Crippen LogP contribution in [0.15, 0.2) is 72.8 Å². The number of hydrogen-bond acceptors (Lipinski definition) is 3. The van der Waals surface area contributed by atoms with Gasteiger partial charge in [-0.3, -0.25) is 0 Å². The first-order chi connectivity index (χ1) is 12.1. The second-order valence-corrected chi connectivity index (χ2v) is 5.69. The molecule has 5 N–H and O–H groups in total. The third-order valence-corrected chi connectivity index (χ3v) is 3.86. The minimum atomic E-state index is -0.248. The SMILES string of the molecule is Nc1ccccc1[NH2+]C(=O)c1ccc(NCc2ccc(F)cc2)cc1. The molecule has 0 aliphatic rings. The monoisotopic (exact) mass is 336 g/mol. The normalized spacial score (nSPS) is 10.4. The van der Waals surface area contributed by atoms with Gasteiger partial charge in [0.25, 0.3) is 0 Å². The van der Waals surface area contributed by atoms with Crippen molar-refractivity contribution in [1.29, 1.82) is 0 Å². The average molecular weight is 336 g/mol. The second-order valence-electron chi connectivity index (χ2n) is 5.69. The van der Waals surface area contributed by atoms with Gasteiger partial charge in [0.15, 0.2) is 5.69 Å². The number of halogens is 1. The molecule has 0 atom stereocenters. The van der Waals surface area contributed by atoms with Crippen LogP contribution in [0.5, 0.6) is 0 Å². The fourth-order valence-electron chi connectivity index (χ4n) is 2.43. The van der Waals surface area contributed by atoms with Gasteiger partial charge < -0.3 is 11.1 Å². The van der Waals surface area contributed by atoms with Gasteiger partial charge in [0.1, 0.15) is 5.82 Å². The summed E-state index contributed by atoms with van der Waals surface area (Å²) in [6.07, 6.45) is 0. The lowest BCUT2D eigenvalue weighted by molar-refractivity contribution is -0.463. The molecule has 4 nitrogen and oxygen atoms in total. The summed E-state index contributed by atoms with van der Waals surface area (Å²) in [7, 11) is 0. The summed E-state index contributed by atoms with van der Waals surface area (Å²) in [4.78, 5) is 12.3. The van der Waals surface area contributed by atoms with Crippen molar-refractivity contribution in [3.8, 4) is 0 Å². The van der Waals surface area contributed by atoms with Gasteiger partial charge in [0, 0.05) is 18.3 Å². The molecule has 3 rings (SSSR count). The van der Waals surface area contributed by atoms with Crippen LogP contribution < -0.4 is 16.4 Å². The predicted molar refractivity (Wildman–Crippen MR) is 96.9 cm³/mol. The van der Waals surface area contributed by atoms with Crippen molar-refractivity contribution in [3.05, 3.63) is 89.7 Å². The standard InChI is InChI=1S/C20H18FN3O/c21-16-9-5-14(6-10-16)13-23-17-11-7-15(8-12-17)20(25)24-19-4-2-1-3-18(19)22/h1-12,23H,13,22H2,(H,24,25)/p+1. The zero-order chi connectivity index (χ0) is 17.6. The molecule has 0 saturated heterocycles. The van der Waals surface area contributed by atoms with Crippen LogP contribution in [0.4, 0.5) is 21.5 Å². The Labute approximate surface area is 145 Å². The minimum Gasteiger partial charge on any atom is -0.394 e. The number of amides is 1. The molecule has 0 heterocycles. The predicted octanol–water partition coefficient (Wildman–Crippen LogP) is 3.06. The molecule has 0 aliphatic heterocycles. The van der Waals surface area contributed by atoms with Crippen LogP contribution in [-0.4, -0.2) is 5.91 Å². The summed E-state index contributed by atoms with van der Waals surface area (Å²) in [5.41, 5.74) is 9.61. The zero-order valence-electron chi connectivity index (χ0n) is 13.6. The lowest BCUT2D eigenvalue weighted by Gasteiger charge is -2.07. The van der Waals surface area contributed by atoms with Gasteiger partial charge in [0.2, 0.25) is 0 Å². The number of nitrogens with two attached hydrogens (primary N) is 2. The van der Waals surface area contributed by atoms with E-state index in [1.54, 1.807) is 30.3 Å². The molecular formula is C20H19FN3O+. The van der Waals surface area contributed by atoms with Crippen LogP contribution >= 0.6 is 0 Å². The van der Waals surface area contributed by atoms with Gasteiger partial charge in [-0.25, -0.2) is 14.5 Å². The third-order valence-electron chi connectivity index (χ3n) is 3.86. The number of quaternary nitrogens is 1. The number of hydrogen-bond donors (Lipinski definition) is 3. The van der Waals surface area contributed by atoms with Crippen molar-refractivity contribution >= 4 is 23.0 Å². The van der Waals surface area contributed by atoms with Gasteiger partial charge in [-0.2, -0.15) is 0 Å². The van der Waals surface area contributed by atoms with Crippen molar-refractivity contribution in [1.82, 2.24) is 0 Å². The average Bonchev–Trinajstić information content (AvgIpc) is 2.63. The number of benzene rings is 3. The highest BCUT2D eigenvalue weighted by Crippen LogP contribution is 2.13. The number of carbonyl (C=O) groups is 1. The Hall–Kier alpha value is -3.18. The van der Waals surface area contributed by atoms with E-state index in [2.05, 4.69) is 5.32 Å². The van der Waals surface area contributed by atoms with Crippen molar-refractivity contribution in [2.24, 2.45) is 0 Å². The highest BCUT2D eigenvalue weighted by Gasteiger charge is 2.13. The molecule has 0 saturated carbocycles. The number of nitrogen functional groups attached to an aromatic ring is 1. The number of primary amides is 1. The Bertz CT molecular complexity index is 861. The Morgan fingerprint density at radius 1 is 0.960 bits per heavy atom. The van der Waals surface area contributed by atoms with Crippen LogP contribution in [0.1, 0.15) is 15.9 Å². The van der Waals surface area contributed by atoms with Crippen molar-refractivity contribution in [2.45, 2.75) is 6.54 Å². The summed E-state index contributed by atoms with van der Waals surface area (Å²) < 4.78 is 12.9. The smallest absolute Gasteiger partial charge is 0.347 e. The van der Waals surface area contributed by atoms with Gasteiger partial charge in [-0.15, -0.1) is 0 Å². The molecule has 25 heavy (non-hydrogen) atoms. The van der Waals surface area contributed by atoms with E-state index in [1.165, 1.54) is 17.4 Å². The molecule has 0 aromatic heterocycles. The molecule has 126 valence electrons. The fraction of sp³-hybridized carbons (Fsp3) is 0.0500. The van der Waals surface area contributed by atoms with Gasteiger partial charge in [-0.1, -0.05) is 24.3 Å². The fourth-order valence-corrected chi connectivity index (χ4v) is 2.43. The van der Waals surface area contributed by atoms with E-state index in [4.69, 9.17) is 5.73 Å². The highest BCUT2D eigenvalue weighted by atomic mass is 19.1. The van der Waals surface area contributed by atoms with Crippen LogP contribution in [0.2, 0.25) is 0 Å². The molecule has 0 aliphatic carbocycles. The van der Waals surface area contributed by atoms with Crippen LogP contribution in [-0.2, 0) is 6.54 Å². The molecule has 5 heteroatoms. The van der Waals surface area contributed by atoms with Crippen LogP contribution in [0.3, 0.4) is 0 Å². The minimum absolute atomic E-state index is 0.0945. The molecule has 3 aromatic carbocycles. The maximum atomic E-state index is 12.9. The Balaban J connectivity index is 1.60. The van der Waals surface area contributed by atoms with Gasteiger partial charge in [0.05, 0.1) is 11.3 Å². The number of rotatable bonds is 5. The molecule has 1 amide bonds. The molecule has 3 aromatic rings. The lowest BCUT2D eigenvalue weighted by atomic mass is 10.1. The van der Waals surface area contributed by atoms with E-state index in [9.17, 15) is 9.18 Å². The van der Waals surface area contributed by atoms with E-state index in [1.807, 2.05) is 30.3 Å². The summed E-state index contributed by atoms with van der Waals surface area (Å²) in [6, 6.07) is 20.8. The van der Waals surface area contributed by atoms with E-state index in [0.717, 1.165) is 11.3 Å². The Kier molecular flexibility index (Phi) is 5.06. The number of para-hydroxylation sites is 2. The van der Waals surface area contributed by atoms with E-state index in [-0.39, 0.29) is 11.7 Å². The van der Waals surface area contributed by atoms with Crippen molar-refractivity contribution in [3.63, 3.8) is 0 Å². The highest BCUT2D eigenvalue weighted by molar-refractivity contribution is 5.88. The summed E-state index contributed by atoms with van der Waals surface area (Å²) in [5, 5.41) is 4.78. The van der Waals surface area contributed by atoms with E-state index >= 15 is 0 Å². The van der Waals surface area contributed by atoms with Crippen molar-refractivity contribution in [2.75, 3.05) is 11.1 Å². The lowest BCUT2D eigenvalue weighted by Crippen LogP contribution is -2.82. The Morgan fingerprint density at radius 2 is 1.64 bits per heavy atom. The number of anilines is 2.